The van der Waals surface area contributed by atoms with E-state index in [0.717, 1.165) is 0 Å². The summed E-state index contributed by atoms with van der Waals surface area (Å²) < 4.78 is 10.7. The van der Waals surface area contributed by atoms with Crippen LogP contribution in [0.1, 0.15) is 40.0 Å². The first kappa shape index (κ1) is 19.2. The Morgan fingerprint density at radius 1 is 1.17 bits per heavy atom. The van der Waals surface area contributed by atoms with Crippen molar-refractivity contribution in [3.63, 3.8) is 0 Å². The van der Waals surface area contributed by atoms with Crippen molar-refractivity contribution in [2.45, 2.75) is 52.2 Å². The Morgan fingerprint density at radius 3 is 2.22 bits per heavy atom. The summed E-state index contributed by atoms with van der Waals surface area (Å²) in [5.74, 6) is -5.58. The van der Waals surface area contributed by atoms with Gasteiger partial charge < -0.3 is 19.7 Å². The number of carbonyl (C=O) groups is 3. The highest BCUT2D eigenvalue weighted by atomic mass is 16.5. The molecule has 0 aromatic carbocycles. The summed E-state index contributed by atoms with van der Waals surface area (Å²) in [4.78, 5) is 34.9. The molecule has 0 spiro atoms. The molecular weight excluding hydrogens is 304 g/mol. The van der Waals surface area contributed by atoms with Gasteiger partial charge in [-0.25, -0.2) is 4.79 Å². The maximum Gasteiger partial charge on any atom is 0.333 e. The van der Waals surface area contributed by atoms with Crippen LogP contribution in [0.2, 0.25) is 0 Å². The van der Waals surface area contributed by atoms with Crippen LogP contribution in [0.5, 0.6) is 0 Å². The smallest absolute Gasteiger partial charge is 0.333 e. The quantitative estimate of drug-likeness (QED) is 0.654. The predicted octanol–water partition coefficient (Wildman–Crippen LogP) is 1.85. The van der Waals surface area contributed by atoms with Gasteiger partial charge >= 0.3 is 17.9 Å². The van der Waals surface area contributed by atoms with Crippen LogP contribution in [0.25, 0.3) is 0 Å². The minimum Gasteiger partial charge on any atom is -0.481 e. The van der Waals surface area contributed by atoms with E-state index in [1.165, 1.54) is 6.08 Å². The number of hydrogen-bond acceptors (Lipinski definition) is 5. The van der Waals surface area contributed by atoms with E-state index in [1.807, 2.05) is 13.8 Å². The Balaban J connectivity index is 3.18. The highest BCUT2D eigenvalue weighted by Gasteiger charge is 2.45. The van der Waals surface area contributed by atoms with Gasteiger partial charge in [-0.15, -0.1) is 0 Å². The van der Waals surface area contributed by atoms with Gasteiger partial charge in [0.05, 0.1) is 24.7 Å². The second-order valence-corrected chi connectivity index (χ2v) is 5.46. The first-order valence-corrected chi connectivity index (χ1v) is 7.84. The number of carboxylic acid groups (broad SMARTS) is 2. The second-order valence-electron chi connectivity index (χ2n) is 5.46. The fraction of sp³-hybridized carbons (Fsp3) is 0.688. The average molecular weight is 328 g/mol. The molecular formula is C16H24O7. The summed E-state index contributed by atoms with van der Waals surface area (Å²) in [5.41, 5.74) is 0.160. The third-order valence-electron chi connectivity index (χ3n) is 3.99. The van der Waals surface area contributed by atoms with Crippen LogP contribution in [-0.2, 0) is 23.9 Å². The molecule has 7 heteroatoms. The van der Waals surface area contributed by atoms with Crippen molar-refractivity contribution in [2.24, 2.45) is 11.8 Å². The maximum absolute atomic E-state index is 11.9. The van der Waals surface area contributed by atoms with E-state index in [4.69, 9.17) is 9.47 Å². The molecule has 0 aliphatic heterocycles. The summed E-state index contributed by atoms with van der Waals surface area (Å²) >= 11 is 0. The number of carbonyl (C=O) groups excluding carboxylic acids is 1. The molecule has 0 amide bonds. The van der Waals surface area contributed by atoms with Crippen LogP contribution in [0.3, 0.4) is 0 Å². The molecule has 0 radical (unpaired) electrons. The third-order valence-corrected chi connectivity index (χ3v) is 3.99. The molecule has 2 N–H and O–H groups in total. The Kier molecular flexibility index (Phi) is 7.22. The van der Waals surface area contributed by atoms with Gasteiger partial charge in [0.1, 0.15) is 5.92 Å². The van der Waals surface area contributed by atoms with Crippen molar-refractivity contribution in [1.82, 2.24) is 0 Å². The van der Waals surface area contributed by atoms with Crippen LogP contribution < -0.4 is 0 Å². The van der Waals surface area contributed by atoms with Crippen LogP contribution in [0, 0.1) is 11.8 Å². The topological polar surface area (TPSA) is 110 Å². The monoisotopic (exact) mass is 328 g/mol. The van der Waals surface area contributed by atoms with E-state index in [1.54, 1.807) is 6.92 Å². The first-order valence-electron chi connectivity index (χ1n) is 7.84. The number of rotatable bonds is 8. The molecule has 23 heavy (non-hydrogen) atoms. The molecule has 7 nitrogen and oxygen atoms in total. The lowest BCUT2D eigenvalue weighted by molar-refractivity contribution is -0.162. The van der Waals surface area contributed by atoms with Crippen molar-refractivity contribution < 1.29 is 34.1 Å². The predicted molar refractivity (Wildman–Crippen MR) is 80.8 cm³/mol. The highest BCUT2D eigenvalue weighted by Crippen LogP contribution is 2.34. The summed E-state index contributed by atoms with van der Waals surface area (Å²) in [5, 5.41) is 18.8. The number of ether oxygens (including phenoxy) is 2. The van der Waals surface area contributed by atoms with Crippen molar-refractivity contribution in [2.75, 3.05) is 6.61 Å². The van der Waals surface area contributed by atoms with E-state index < -0.39 is 35.8 Å². The lowest BCUT2D eigenvalue weighted by atomic mass is 9.77. The van der Waals surface area contributed by atoms with Crippen molar-refractivity contribution in [1.29, 1.82) is 0 Å². The van der Waals surface area contributed by atoms with Gasteiger partial charge in [-0.05, 0) is 32.3 Å². The van der Waals surface area contributed by atoms with Gasteiger partial charge in [0.2, 0.25) is 0 Å². The van der Waals surface area contributed by atoms with Crippen molar-refractivity contribution >= 4 is 17.9 Å². The minimum absolute atomic E-state index is 0.160. The van der Waals surface area contributed by atoms with Crippen LogP contribution in [0.15, 0.2) is 11.6 Å². The zero-order valence-electron chi connectivity index (χ0n) is 13.7. The highest BCUT2D eigenvalue weighted by molar-refractivity contribution is 5.91. The largest absolute Gasteiger partial charge is 0.481 e. The first-order chi connectivity index (χ1) is 10.8. The molecule has 1 rings (SSSR count). The average Bonchev–Trinajstić information content (AvgIpc) is 2.51. The summed E-state index contributed by atoms with van der Waals surface area (Å²) in [6, 6.07) is 0. The maximum atomic E-state index is 11.9. The summed E-state index contributed by atoms with van der Waals surface area (Å²) in [7, 11) is 0. The lowest BCUT2D eigenvalue weighted by Crippen LogP contribution is -2.44. The van der Waals surface area contributed by atoms with E-state index in [0.29, 0.717) is 12.8 Å². The molecule has 1 aliphatic carbocycles. The van der Waals surface area contributed by atoms with Gasteiger partial charge in [-0.2, -0.15) is 0 Å². The minimum atomic E-state index is -1.26. The number of carboxylic acids is 2. The summed E-state index contributed by atoms with van der Waals surface area (Å²) in [6.07, 6.45) is 1.41. The van der Waals surface area contributed by atoms with Gasteiger partial charge in [-0.3, -0.25) is 9.59 Å². The molecule has 0 saturated carbocycles. The Bertz CT molecular complexity index is 479. The molecule has 1 aliphatic rings. The number of aliphatic carboxylic acids is 2. The molecule has 0 unspecified atom stereocenters. The molecule has 0 heterocycles. The van der Waals surface area contributed by atoms with E-state index in [9.17, 15) is 24.6 Å². The molecule has 130 valence electrons. The van der Waals surface area contributed by atoms with Crippen LogP contribution >= 0.6 is 0 Å². The zero-order chi connectivity index (χ0) is 17.6. The SMILES string of the molecule is CCOC(=O)C1=C[C@H](OC(CC)CC)[C@H](C(=O)O)[C@@H](C(=O)O)C1. The van der Waals surface area contributed by atoms with E-state index >= 15 is 0 Å². The Morgan fingerprint density at radius 2 is 1.78 bits per heavy atom. The van der Waals surface area contributed by atoms with Gasteiger partial charge in [0.15, 0.2) is 0 Å². The second kappa shape index (κ2) is 8.67. The van der Waals surface area contributed by atoms with Crippen molar-refractivity contribution in [3.8, 4) is 0 Å². The Labute approximate surface area is 135 Å². The standard InChI is InChI=1S/C16H24O7/c1-4-10(5-2)23-12-8-9(16(21)22-6-3)7-11(14(17)18)13(12)15(19)20/h8,10-13H,4-7H2,1-3H3,(H,17,18)(H,19,20)/t11-,12-,13+/m0/s1. The van der Waals surface area contributed by atoms with Gasteiger partial charge in [-0.1, -0.05) is 13.8 Å². The van der Waals surface area contributed by atoms with Gasteiger partial charge in [0.25, 0.3) is 0 Å². The fourth-order valence-corrected chi connectivity index (χ4v) is 2.72. The number of esters is 1. The number of hydrogen-bond donors (Lipinski definition) is 2. The summed E-state index contributed by atoms with van der Waals surface area (Å²) in [6.45, 7) is 5.61. The fourth-order valence-electron chi connectivity index (χ4n) is 2.72. The van der Waals surface area contributed by atoms with Gasteiger partial charge in [0, 0.05) is 5.57 Å². The van der Waals surface area contributed by atoms with Crippen LogP contribution in [0.4, 0.5) is 0 Å². The Hall–Kier alpha value is -1.89. The molecule has 0 bridgehead atoms. The van der Waals surface area contributed by atoms with E-state index in [2.05, 4.69) is 0 Å². The molecule has 0 saturated heterocycles. The zero-order valence-corrected chi connectivity index (χ0v) is 13.7. The third kappa shape index (κ3) is 4.79. The molecule has 0 aromatic heterocycles. The molecule has 0 aromatic rings. The normalized spacial score (nSPS) is 24.2. The molecule has 0 fully saturated rings. The molecule has 3 atom stereocenters. The van der Waals surface area contributed by atoms with E-state index in [-0.39, 0.29) is 24.7 Å². The van der Waals surface area contributed by atoms with Crippen molar-refractivity contribution in [3.05, 3.63) is 11.6 Å². The van der Waals surface area contributed by atoms with Crippen LogP contribution in [-0.4, -0.2) is 46.9 Å². The lowest BCUT2D eigenvalue weighted by Gasteiger charge is -2.33.